The zero-order chi connectivity index (χ0) is 15.0. The van der Waals surface area contributed by atoms with Gasteiger partial charge in [0, 0.05) is 0 Å². The van der Waals surface area contributed by atoms with Crippen LogP contribution in [0.5, 0.6) is 5.75 Å². The summed E-state index contributed by atoms with van der Waals surface area (Å²) in [6.07, 6.45) is 0. The Hall–Kier alpha value is -1.67. The maximum Gasteiger partial charge on any atom is 0.238 e. The average molecular weight is 284 g/mol. The monoisotopic (exact) mass is 284 g/mol. The van der Waals surface area contributed by atoms with E-state index < -0.39 is 25.4 Å². The summed E-state index contributed by atoms with van der Waals surface area (Å²) >= 11 is 0. The molecule has 0 atom stereocenters. The lowest BCUT2D eigenvalue weighted by Crippen LogP contribution is -2.56. The van der Waals surface area contributed by atoms with Crippen molar-refractivity contribution in [1.82, 2.24) is 5.32 Å². The third kappa shape index (κ3) is 4.17. The van der Waals surface area contributed by atoms with Crippen LogP contribution in [0.2, 0.25) is 0 Å². The van der Waals surface area contributed by atoms with Crippen molar-refractivity contribution in [2.24, 2.45) is 0 Å². The van der Waals surface area contributed by atoms with Gasteiger partial charge in [0.15, 0.2) is 0 Å². The number of benzene rings is 1. The van der Waals surface area contributed by atoms with Gasteiger partial charge in [-0.15, -0.1) is 0 Å². The summed E-state index contributed by atoms with van der Waals surface area (Å²) in [6, 6.07) is 6.93. The van der Waals surface area contributed by atoms with Gasteiger partial charge in [0.2, 0.25) is 5.91 Å². The van der Waals surface area contributed by atoms with Crippen molar-refractivity contribution in [3.63, 3.8) is 0 Å². The van der Waals surface area contributed by atoms with E-state index in [0.717, 1.165) is 0 Å². The fraction of sp³-hybridized carbons (Fsp3) is 0.462. The molecule has 0 unspecified atom stereocenters. The molecule has 1 rings (SSSR count). The molecular weight excluding hydrogens is 264 g/mol. The Bertz CT molecular complexity index is 426. The van der Waals surface area contributed by atoms with Crippen molar-refractivity contribution >= 4 is 11.6 Å². The second kappa shape index (κ2) is 7.81. The number of aliphatic hydroxyl groups excluding tert-OH is 3. The van der Waals surface area contributed by atoms with Gasteiger partial charge in [-0.05, 0) is 12.1 Å². The molecule has 0 aliphatic carbocycles. The van der Waals surface area contributed by atoms with E-state index in [9.17, 15) is 4.79 Å². The van der Waals surface area contributed by atoms with Gasteiger partial charge in [0.1, 0.15) is 5.75 Å². The number of rotatable bonds is 8. The number of nitrogens with one attached hydrogen (secondary N) is 2. The molecule has 7 nitrogen and oxygen atoms in total. The Labute approximate surface area is 117 Å². The molecule has 0 spiro atoms. The summed E-state index contributed by atoms with van der Waals surface area (Å²) in [6.45, 7) is -1.62. The van der Waals surface area contributed by atoms with Crippen molar-refractivity contribution < 1.29 is 24.9 Å². The fourth-order valence-electron chi connectivity index (χ4n) is 1.53. The van der Waals surface area contributed by atoms with Crippen molar-refractivity contribution in [1.29, 1.82) is 0 Å². The third-order valence-electron chi connectivity index (χ3n) is 2.91. The largest absolute Gasteiger partial charge is 0.495 e. The molecule has 7 heteroatoms. The first-order valence-corrected chi connectivity index (χ1v) is 6.11. The topological polar surface area (TPSA) is 111 Å². The summed E-state index contributed by atoms with van der Waals surface area (Å²) in [5.74, 6) is 0.146. The van der Waals surface area contributed by atoms with E-state index in [-0.39, 0.29) is 12.5 Å². The highest BCUT2D eigenvalue weighted by Gasteiger charge is 2.28. The lowest BCUT2D eigenvalue weighted by atomic mass is 10.0. The van der Waals surface area contributed by atoms with Gasteiger partial charge in [0.05, 0.1) is 44.7 Å². The second-order valence-electron chi connectivity index (χ2n) is 4.36. The van der Waals surface area contributed by atoms with Crippen LogP contribution < -0.4 is 15.4 Å². The SMILES string of the molecule is COc1ccccc1NC(=O)CNC(CO)(CO)CO. The predicted molar refractivity (Wildman–Crippen MR) is 73.6 cm³/mol. The van der Waals surface area contributed by atoms with Crippen molar-refractivity contribution in [2.45, 2.75) is 5.54 Å². The molecular formula is C13H20N2O5. The zero-order valence-corrected chi connectivity index (χ0v) is 11.3. The molecule has 0 aromatic heterocycles. The van der Waals surface area contributed by atoms with Gasteiger partial charge in [0.25, 0.3) is 0 Å². The van der Waals surface area contributed by atoms with Gasteiger partial charge in [-0.25, -0.2) is 0 Å². The van der Waals surface area contributed by atoms with Crippen LogP contribution in [0, 0.1) is 0 Å². The van der Waals surface area contributed by atoms with E-state index in [1.807, 2.05) is 0 Å². The molecule has 1 aromatic carbocycles. The number of para-hydroxylation sites is 2. The lowest BCUT2D eigenvalue weighted by molar-refractivity contribution is -0.116. The molecule has 1 aromatic rings. The van der Waals surface area contributed by atoms with Crippen LogP contribution in [-0.4, -0.2) is 60.2 Å². The number of hydrogen-bond donors (Lipinski definition) is 5. The van der Waals surface area contributed by atoms with E-state index >= 15 is 0 Å². The van der Waals surface area contributed by atoms with Crippen LogP contribution in [0.3, 0.4) is 0 Å². The minimum absolute atomic E-state index is 0.167. The molecule has 0 fully saturated rings. The number of aliphatic hydroxyl groups is 3. The standard InChI is InChI=1S/C13H20N2O5/c1-20-11-5-3-2-4-10(11)15-12(19)6-14-13(7-16,8-17)9-18/h2-5,14,16-18H,6-9H2,1H3,(H,15,19). The Morgan fingerprint density at radius 3 is 2.35 bits per heavy atom. The van der Waals surface area contributed by atoms with Crippen molar-refractivity contribution in [2.75, 3.05) is 38.8 Å². The van der Waals surface area contributed by atoms with E-state index in [0.29, 0.717) is 11.4 Å². The molecule has 0 aliphatic heterocycles. The Balaban J connectivity index is 2.60. The first-order chi connectivity index (χ1) is 9.60. The number of hydrogen-bond acceptors (Lipinski definition) is 6. The second-order valence-corrected chi connectivity index (χ2v) is 4.36. The van der Waals surface area contributed by atoms with Crippen LogP contribution in [0.1, 0.15) is 0 Å². The minimum Gasteiger partial charge on any atom is -0.495 e. The summed E-state index contributed by atoms with van der Waals surface area (Å²) in [4.78, 5) is 11.8. The first kappa shape index (κ1) is 16.4. The minimum atomic E-state index is -1.28. The Morgan fingerprint density at radius 1 is 1.20 bits per heavy atom. The molecule has 0 aliphatic rings. The normalized spacial score (nSPS) is 11.2. The Kier molecular flexibility index (Phi) is 6.40. The summed E-state index contributed by atoms with van der Waals surface area (Å²) in [5, 5.41) is 32.7. The van der Waals surface area contributed by atoms with Crippen LogP contribution in [-0.2, 0) is 4.79 Å². The number of amides is 1. The van der Waals surface area contributed by atoms with Crippen LogP contribution in [0.4, 0.5) is 5.69 Å². The highest BCUT2D eigenvalue weighted by molar-refractivity contribution is 5.93. The van der Waals surface area contributed by atoms with Gasteiger partial charge in [-0.3, -0.25) is 10.1 Å². The molecule has 0 radical (unpaired) electrons. The molecule has 1 amide bonds. The van der Waals surface area contributed by atoms with Crippen LogP contribution in [0.15, 0.2) is 24.3 Å². The smallest absolute Gasteiger partial charge is 0.238 e. The lowest BCUT2D eigenvalue weighted by Gasteiger charge is -2.28. The maximum absolute atomic E-state index is 11.8. The van der Waals surface area contributed by atoms with Crippen LogP contribution >= 0.6 is 0 Å². The number of carbonyl (C=O) groups is 1. The number of carbonyl (C=O) groups excluding carboxylic acids is 1. The molecule has 0 saturated heterocycles. The number of anilines is 1. The molecule has 0 heterocycles. The summed E-state index contributed by atoms with van der Waals surface area (Å²) in [5.41, 5.74) is -0.762. The van der Waals surface area contributed by atoms with E-state index in [1.54, 1.807) is 24.3 Å². The highest BCUT2D eigenvalue weighted by Crippen LogP contribution is 2.22. The molecule has 5 N–H and O–H groups in total. The van der Waals surface area contributed by atoms with E-state index in [4.69, 9.17) is 20.1 Å². The average Bonchev–Trinajstić information content (AvgIpc) is 2.50. The highest BCUT2D eigenvalue weighted by atomic mass is 16.5. The molecule has 112 valence electrons. The molecule has 0 bridgehead atoms. The van der Waals surface area contributed by atoms with Crippen molar-refractivity contribution in [3.05, 3.63) is 24.3 Å². The first-order valence-electron chi connectivity index (χ1n) is 6.11. The van der Waals surface area contributed by atoms with Gasteiger partial charge in [-0.1, -0.05) is 12.1 Å². The maximum atomic E-state index is 11.8. The molecule has 0 saturated carbocycles. The van der Waals surface area contributed by atoms with Crippen LogP contribution in [0.25, 0.3) is 0 Å². The number of ether oxygens (including phenoxy) is 1. The zero-order valence-electron chi connectivity index (χ0n) is 11.3. The summed E-state index contributed by atoms with van der Waals surface area (Å²) in [7, 11) is 1.50. The third-order valence-corrected chi connectivity index (χ3v) is 2.91. The Morgan fingerprint density at radius 2 is 1.80 bits per heavy atom. The number of methoxy groups -OCH3 is 1. The van der Waals surface area contributed by atoms with E-state index in [1.165, 1.54) is 7.11 Å². The van der Waals surface area contributed by atoms with Gasteiger partial charge >= 0.3 is 0 Å². The fourth-order valence-corrected chi connectivity index (χ4v) is 1.53. The predicted octanol–water partition coefficient (Wildman–Crippen LogP) is -1.06. The quantitative estimate of drug-likeness (QED) is 0.416. The van der Waals surface area contributed by atoms with Gasteiger partial charge in [-0.2, -0.15) is 0 Å². The van der Waals surface area contributed by atoms with Gasteiger partial charge < -0.3 is 25.4 Å². The van der Waals surface area contributed by atoms with Crippen molar-refractivity contribution in [3.8, 4) is 5.75 Å². The molecule has 20 heavy (non-hydrogen) atoms. The van der Waals surface area contributed by atoms with E-state index in [2.05, 4.69) is 10.6 Å². The summed E-state index contributed by atoms with van der Waals surface area (Å²) < 4.78 is 5.10.